The Bertz CT molecular complexity index is 1180. The van der Waals surface area contributed by atoms with Gasteiger partial charge in [0, 0.05) is 52.0 Å². The summed E-state index contributed by atoms with van der Waals surface area (Å²) in [5, 5.41) is 0. The number of ether oxygens (including phenoxy) is 1. The van der Waals surface area contributed by atoms with Crippen molar-refractivity contribution in [2.45, 2.75) is 37.9 Å². The van der Waals surface area contributed by atoms with Gasteiger partial charge >= 0.3 is 0 Å². The summed E-state index contributed by atoms with van der Waals surface area (Å²) in [7, 11) is 3.93. The second kappa shape index (κ2) is 10.7. The molecule has 1 aromatic heterocycles. The SMILES string of the molecule is COc1ccc(CN(CC2CN3C(N4CCN(C)CC4)=CC=CC3=N2)[C@H]2CCCc3cccnc32)cc1. The monoisotopic (exact) mass is 498 g/mol. The standard InChI is InChI=1S/C30H38N6O/c1-33-16-18-34(19-17-33)29-10-4-9-28-32-25(22-36(28)29)21-35(20-23-11-13-26(37-2)14-12-23)27-8-3-6-24-7-5-15-31-30(24)27/h4-5,7,9-15,25,27H,3,6,8,16-22H2,1-2H3/t25?,27-/m0/s1. The van der Waals surface area contributed by atoms with Gasteiger partial charge in [0.2, 0.25) is 0 Å². The molecule has 7 nitrogen and oxygen atoms in total. The van der Waals surface area contributed by atoms with Crippen LogP contribution in [0.4, 0.5) is 0 Å². The summed E-state index contributed by atoms with van der Waals surface area (Å²) in [6.45, 7) is 7.07. The van der Waals surface area contributed by atoms with Crippen LogP contribution >= 0.6 is 0 Å². The molecule has 0 amide bonds. The normalized spacial score (nSPS) is 23.5. The van der Waals surface area contributed by atoms with E-state index < -0.39 is 0 Å². The van der Waals surface area contributed by atoms with Crippen LogP contribution in [-0.2, 0) is 13.0 Å². The largest absolute Gasteiger partial charge is 0.497 e. The van der Waals surface area contributed by atoms with Gasteiger partial charge in [0.15, 0.2) is 0 Å². The van der Waals surface area contributed by atoms with Crippen LogP contribution < -0.4 is 4.74 Å². The van der Waals surface area contributed by atoms with Crippen molar-refractivity contribution >= 4 is 5.84 Å². The lowest BCUT2D eigenvalue weighted by molar-refractivity contribution is 0.144. The van der Waals surface area contributed by atoms with Gasteiger partial charge in [0.05, 0.1) is 24.9 Å². The summed E-state index contributed by atoms with van der Waals surface area (Å²) >= 11 is 0. The number of hydrogen-bond acceptors (Lipinski definition) is 7. The Kier molecular flexibility index (Phi) is 6.98. The van der Waals surface area contributed by atoms with Crippen molar-refractivity contribution in [1.29, 1.82) is 0 Å². The van der Waals surface area contributed by atoms with Crippen molar-refractivity contribution in [1.82, 2.24) is 24.6 Å². The fraction of sp³-hybridized carbons (Fsp3) is 0.467. The maximum atomic E-state index is 5.40. The Morgan fingerprint density at radius 2 is 1.92 bits per heavy atom. The molecule has 0 spiro atoms. The van der Waals surface area contributed by atoms with E-state index >= 15 is 0 Å². The molecule has 4 aliphatic rings. The van der Waals surface area contributed by atoms with Crippen LogP contribution in [0.1, 0.15) is 35.7 Å². The van der Waals surface area contributed by atoms with Gasteiger partial charge < -0.3 is 19.4 Å². The third-order valence-electron chi connectivity index (χ3n) is 8.18. The molecule has 37 heavy (non-hydrogen) atoms. The molecule has 1 aliphatic carbocycles. The minimum absolute atomic E-state index is 0.223. The van der Waals surface area contributed by atoms with Crippen LogP contribution in [0.2, 0.25) is 0 Å². The maximum Gasteiger partial charge on any atom is 0.129 e. The molecule has 1 fully saturated rings. The molecule has 1 saturated heterocycles. The number of aromatic nitrogens is 1. The molecular weight excluding hydrogens is 460 g/mol. The average Bonchev–Trinajstić information content (AvgIpc) is 3.36. The summed E-state index contributed by atoms with van der Waals surface area (Å²) in [5.74, 6) is 3.31. The van der Waals surface area contributed by atoms with E-state index in [0.29, 0.717) is 6.04 Å². The third kappa shape index (κ3) is 5.15. The smallest absolute Gasteiger partial charge is 0.129 e. The van der Waals surface area contributed by atoms with E-state index in [9.17, 15) is 0 Å². The van der Waals surface area contributed by atoms with Crippen molar-refractivity contribution in [3.8, 4) is 5.75 Å². The molecule has 2 atom stereocenters. The number of methoxy groups -OCH3 is 1. The topological polar surface area (TPSA) is 47.4 Å². The van der Waals surface area contributed by atoms with Crippen LogP contribution in [0, 0.1) is 0 Å². The average molecular weight is 499 g/mol. The molecule has 7 heteroatoms. The number of hydrogen-bond donors (Lipinski definition) is 0. The fourth-order valence-corrected chi connectivity index (χ4v) is 6.14. The number of piperazine rings is 1. The van der Waals surface area contributed by atoms with Crippen LogP contribution in [0.5, 0.6) is 5.75 Å². The van der Waals surface area contributed by atoms with Crippen molar-refractivity contribution in [2.75, 3.05) is 53.4 Å². The first-order chi connectivity index (χ1) is 18.2. The first-order valence-corrected chi connectivity index (χ1v) is 13.7. The number of likely N-dealkylation sites (N-methyl/N-ethyl adjacent to an activating group) is 1. The zero-order valence-corrected chi connectivity index (χ0v) is 22.1. The number of fused-ring (bicyclic) bond motifs is 2. The highest BCUT2D eigenvalue weighted by Gasteiger charge is 2.34. The zero-order valence-electron chi connectivity index (χ0n) is 22.1. The number of benzene rings is 1. The molecule has 194 valence electrons. The van der Waals surface area contributed by atoms with Crippen LogP contribution in [0.25, 0.3) is 0 Å². The first kappa shape index (κ1) is 24.2. The molecule has 4 heterocycles. The zero-order chi connectivity index (χ0) is 25.2. The Morgan fingerprint density at radius 3 is 2.73 bits per heavy atom. The summed E-state index contributed by atoms with van der Waals surface area (Å²) in [6, 6.07) is 13.4. The van der Waals surface area contributed by atoms with E-state index in [1.165, 1.54) is 29.1 Å². The second-order valence-corrected chi connectivity index (χ2v) is 10.7. The lowest BCUT2D eigenvalue weighted by Gasteiger charge is -2.40. The van der Waals surface area contributed by atoms with Crippen LogP contribution in [0.3, 0.4) is 0 Å². The summed E-state index contributed by atoms with van der Waals surface area (Å²) in [5.41, 5.74) is 3.95. The number of nitrogens with zero attached hydrogens (tertiary/aromatic N) is 6. The molecule has 6 rings (SSSR count). The number of amidine groups is 1. The van der Waals surface area contributed by atoms with E-state index in [1.54, 1.807) is 7.11 Å². The number of pyridine rings is 1. The van der Waals surface area contributed by atoms with Crippen molar-refractivity contribution in [3.05, 3.63) is 83.5 Å². The molecule has 0 saturated carbocycles. The van der Waals surface area contributed by atoms with Crippen molar-refractivity contribution in [2.24, 2.45) is 4.99 Å². The minimum Gasteiger partial charge on any atom is -0.497 e. The van der Waals surface area contributed by atoms with Gasteiger partial charge in [-0.2, -0.15) is 0 Å². The molecule has 3 aliphatic heterocycles. The van der Waals surface area contributed by atoms with Gasteiger partial charge in [-0.25, -0.2) is 0 Å². The number of aryl methyl sites for hydroxylation is 1. The Labute approximate surface area is 220 Å². The molecule has 1 unspecified atom stereocenters. The maximum absolute atomic E-state index is 5.40. The molecule has 0 bridgehead atoms. The van der Waals surface area contributed by atoms with Gasteiger partial charge in [0.25, 0.3) is 0 Å². The number of aliphatic imine (C=N–C) groups is 1. The predicted octanol–water partition coefficient (Wildman–Crippen LogP) is 3.71. The van der Waals surface area contributed by atoms with E-state index in [1.807, 2.05) is 6.20 Å². The van der Waals surface area contributed by atoms with Gasteiger partial charge in [-0.15, -0.1) is 0 Å². The Hall–Kier alpha value is -3.16. The summed E-state index contributed by atoms with van der Waals surface area (Å²) in [4.78, 5) is 20.1. The van der Waals surface area contributed by atoms with Gasteiger partial charge in [-0.3, -0.25) is 14.9 Å². The fourth-order valence-electron chi connectivity index (χ4n) is 6.14. The molecular formula is C30H38N6O. The third-order valence-corrected chi connectivity index (χ3v) is 8.18. The molecule has 2 aromatic rings. The van der Waals surface area contributed by atoms with E-state index in [2.05, 4.69) is 81.3 Å². The van der Waals surface area contributed by atoms with Crippen LogP contribution in [0.15, 0.2) is 71.6 Å². The highest BCUT2D eigenvalue weighted by molar-refractivity contribution is 5.96. The molecule has 0 radical (unpaired) electrons. The predicted molar refractivity (Wildman–Crippen MR) is 148 cm³/mol. The Balaban J connectivity index is 1.23. The lowest BCUT2D eigenvalue weighted by Crippen LogP contribution is -2.48. The summed E-state index contributed by atoms with van der Waals surface area (Å²) in [6.07, 6.45) is 12.0. The van der Waals surface area contributed by atoms with E-state index in [-0.39, 0.29) is 6.04 Å². The second-order valence-electron chi connectivity index (χ2n) is 10.7. The number of allylic oxidation sites excluding steroid dienone is 2. The Morgan fingerprint density at radius 1 is 1.08 bits per heavy atom. The van der Waals surface area contributed by atoms with Gasteiger partial charge in [-0.05, 0) is 67.8 Å². The quantitative estimate of drug-likeness (QED) is 0.580. The van der Waals surface area contributed by atoms with E-state index in [0.717, 1.165) is 70.2 Å². The van der Waals surface area contributed by atoms with Crippen molar-refractivity contribution in [3.63, 3.8) is 0 Å². The highest BCUT2D eigenvalue weighted by Crippen LogP contribution is 2.35. The van der Waals surface area contributed by atoms with Crippen molar-refractivity contribution < 1.29 is 4.74 Å². The van der Waals surface area contributed by atoms with Gasteiger partial charge in [0.1, 0.15) is 17.4 Å². The van der Waals surface area contributed by atoms with E-state index in [4.69, 9.17) is 14.7 Å². The summed E-state index contributed by atoms with van der Waals surface area (Å²) < 4.78 is 5.40. The lowest BCUT2D eigenvalue weighted by atomic mass is 9.90. The van der Waals surface area contributed by atoms with Crippen LogP contribution in [-0.4, -0.2) is 89.9 Å². The minimum atomic E-state index is 0.223. The molecule has 1 aromatic carbocycles. The number of rotatable bonds is 7. The van der Waals surface area contributed by atoms with Gasteiger partial charge in [-0.1, -0.05) is 24.3 Å². The highest BCUT2D eigenvalue weighted by atomic mass is 16.5. The molecule has 0 N–H and O–H groups in total. The first-order valence-electron chi connectivity index (χ1n) is 13.7.